The molecule has 0 saturated carbocycles. The van der Waals surface area contributed by atoms with Gasteiger partial charge in [0.1, 0.15) is 0 Å². The second-order valence-electron chi connectivity index (χ2n) is 15.7. The Hall–Kier alpha value is -3.30. The largest absolute Gasteiger partial charge is 0.277 e. The summed E-state index contributed by atoms with van der Waals surface area (Å²) in [6, 6.07) is 46.3. The molecule has 0 unspecified atom stereocenters. The van der Waals surface area contributed by atoms with Crippen molar-refractivity contribution in [2.45, 2.75) is 149 Å². The van der Waals surface area contributed by atoms with Crippen molar-refractivity contribution in [1.29, 1.82) is 0 Å². The third-order valence-electron chi connectivity index (χ3n) is 10.6. The maximum Gasteiger partial charge on any atom is 0.0969 e. The van der Waals surface area contributed by atoms with Crippen LogP contribution in [0.4, 0.5) is 22.7 Å². The number of nitrogens with zero attached hydrogens (tertiary/aromatic N) is 2. The van der Waals surface area contributed by atoms with Crippen LogP contribution in [0.2, 0.25) is 0 Å². The predicted molar refractivity (Wildman–Crippen MR) is 277 cm³/mol. The van der Waals surface area contributed by atoms with Crippen molar-refractivity contribution < 1.29 is 0 Å². The van der Waals surface area contributed by atoms with E-state index in [0.717, 1.165) is 45.8 Å². The molecule has 0 aliphatic heterocycles. The summed E-state index contributed by atoms with van der Waals surface area (Å²) in [4.78, 5) is 5.00. The van der Waals surface area contributed by atoms with Gasteiger partial charge in [0, 0.05) is 25.3 Å². The number of thioether (sulfide) groups is 4. The van der Waals surface area contributed by atoms with E-state index in [1.807, 2.05) is 47.0 Å². The summed E-state index contributed by atoms with van der Waals surface area (Å²) in [6.45, 7) is 6.87. The molecule has 0 aliphatic rings. The summed E-state index contributed by atoms with van der Waals surface area (Å²) in [6.07, 6.45) is 20.8. The van der Waals surface area contributed by atoms with Gasteiger partial charge < -0.3 is 0 Å². The lowest BCUT2D eigenvalue weighted by molar-refractivity contribution is 0.586. The topological polar surface area (TPSA) is 30.5 Å². The molecule has 2 N–H and O–H groups in total. The van der Waals surface area contributed by atoms with E-state index in [-0.39, 0.29) is 0 Å². The SMILES string of the molecule is CCCCCCCCCCSc1ccccc1N(Nc1ccccc1SCc1ccccc1)N(Nc1ccccc1SCCCC)c1ccccc1SCCCCCCCC. The second kappa shape index (κ2) is 29.9. The lowest BCUT2D eigenvalue weighted by Crippen LogP contribution is -2.51. The monoisotopic (exact) mass is 892 g/mol. The fraction of sp³-hybridized carbons (Fsp3) is 0.434. The van der Waals surface area contributed by atoms with Crippen LogP contribution in [0, 0.1) is 0 Å². The predicted octanol–water partition coefficient (Wildman–Crippen LogP) is 17.8. The number of hydrogen-bond donors (Lipinski definition) is 2. The minimum absolute atomic E-state index is 0.896. The molecule has 5 aromatic carbocycles. The highest BCUT2D eigenvalue weighted by Crippen LogP contribution is 2.40. The Morgan fingerprint density at radius 1 is 0.344 bits per heavy atom. The first kappa shape index (κ1) is 48.7. The first-order chi connectivity index (χ1) is 30.2. The standard InChI is InChI=1S/C53H72N4S4/c1-4-7-10-12-14-15-17-30-43-60-53-40-28-24-36-49(53)57(55-47-34-22-26-38-51(47)61-44-45-31-19-18-20-32-45)56(54-46-33-21-25-37-50(46)58-41-9-6-3)48-35-23-27-39-52(48)59-42-29-16-13-11-8-5-2/h18-28,31-40,54-55H,4-17,29-30,41-44H2,1-3H3. The Bertz CT molecular complexity index is 1910. The summed E-state index contributed by atoms with van der Waals surface area (Å²) in [5, 5.41) is 4.58. The van der Waals surface area contributed by atoms with Crippen LogP contribution < -0.4 is 21.1 Å². The summed E-state index contributed by atoms with van der Waals surface area (Å²) in [5.74, 6) is 4.18. The van der Waals surface area contributed by atoms with Crippen molar-refractivity contribution in [2.75, 3.05) is 38.3 Å². The van der Waals surface area contributed by atoms with E-state index in [1.54, 1.807) is 0 Å². The van der Waals surface area contributed by atoms with Crippen LogP contribution >= 0.6 is 47.0 Å². The fourth-order valence-electron chi connectivity index (χ4n) is 7.09. The quantitative estimate of drug-likeness (QED) is 0.0251. The Labute approximate surface area is 387 Å². The minimum atomic E-state index is 0.896. The van der Waals surface area contributed by atoms with Crippen molar-refractivity contribution in [3.05, 3.63) is 133 Å². The molecule has 5 aromatic rings. The number of anilines is 4. The van der Waals surface area contributed by atoms with Crippen molar-refractivity contribution in [3.8, 4) is 0 Å². The number of unbranched alkanes of at least 4 members (excludes halogenated alkanes) is 13. The van der Waals surface area contributed by atoms with Gasteiger partial charge in [0.2, 0.25) is 0 Å². The molecule has 5 rings (SSSR count). The van der Waals surface area contributed by atoms with Crippen LogP contribution in [-0.2, 0) is 5.75 Å². The second-order valence-corrected chi connectivity index (χ2v) is 20.1. The Morgan fingerprint density at radius 2 is 0.705 bits per heavy atom. The third kappa shape index (κ3) is 17.4. The molecule has 0 radical (unpaired) electrons. The van der Waals surface area contributed by atoms with Gasteiger partial charge in [-0.2, -0.15) is 10.2 Å². The molecule has 0 heterocycles. The van der Waals surface area contributed by atoms with E-state index in [1.165, 1.54) is 128 Å². The maximum absolute atomic E-state index is 4.04. The smallest absolute Gasteiger partial charge is 0.0969 e. The zero-order valence-corrected chi connectivity index (χ0v) is 40.6. The molecule has 0 saturated heterocycles. The number of hydrazine groups is 3. The van der Waals surface area contributed by atoms with Gasteiger partial charge in [-0.1, -0.05) is 183 Å². The molecule has 8 heteroatoms. The van der Waals surface area contributed by atoms with E-state index < -0.39 is 0 Å². The Morgan fingerprint density at radius 3 is 1.20 bits per heavy atom. The minimum Gasteiger partial charge on any atom is -0.277 e. The average molecular weight is 893 g/mol. The van der Waals surface area contributed by atoms with Gasteiger partial charge in [-0.3, -0.25) is 10.9 Å². The van der Waals surface area contributed by atoms with Crippen LogP contribution in [0.1, 0.15) is 129 Å². The summed E-state index contributed by atoms with van der Waals surface area (Å²) in [7, 11) is 0. The molecule has 0 amide bonds. The van der Waals surface area contributed by atoms with E-state index >= 15 is 0 Å². The van der Waals surface area contributed by atoms with Gasteiger partial charge in [-0.05, 0) is 90.6 Å². The zero-order chi connectivity index (χ0) is 42.6. The fourth-order valence-corrected chi connectivity index (χ4v) is 11.2. The molecular weight excluding hydrogens is 821 g/mol. The van der Waals surface area contributed by atoms with Crippen LogP contribution in [0.3, 0.4) is 0 Å². The summed E-state index contributed by atoms with van der Waals surface area (Å²) >= 11 is 7.78. The van der Waals surface area contributed by atoms with Crippen molar-refractivity contribution >= 4 is 69.8 Å². The van der Waals surface area contributed by atoms with Crippen LogP contribution in [0.5, 0.6) is 0 Å². The van der Waals surface area contributed by atoms with Crippen molar-refractivity contribution in [3.63, 3.8) is 0 Å². The van der Waals surface area contributed by atoms with E-state index in [4.69, 9.17) is 0 Å². The zero-order valence-electron chi connectivity index (χ0n) is 37.3. The molecule has 0 aliphatic carbocycles. The molecule has 0 fully saturated rings. The number of rotatable bonds is 32. The molecule has 0 spiro atoms. The molecule has 0 aromatic heterocycles. The number of benzene rings is 5. The normalized spacial score (nSPS) is 11.1. The number of hydrogen-bond acceptors (Lipinski definition) is 8. The van der Waals surface area contributed by atoms with Crippen LogP contribution in [0.15, 0.2) is 147 Å². The molecular formula is C53H72N4S4. The lowest BCUT2D eigenvalue weighted by Gasteiger charge is -2.40. The maximum atomic E-state index is 4.04. The van der Waals surface area contributed by atoms with Gasteiger partial charge in [0.15, 0.2) is 0 Å². The van der Waals surface area contributed by atoms with Gasteiger partial charge in [0.05, 0.1) is 22.7 Å². The molecule has 4 nitrogen and oxygen atoms in total. The van der Waals surface area contributed by atoms with E-state index in [0.29, 0.717) is 0 Å². The van der Waals surface area contributed by atoms with Gasteiger partial charge in [-0.15, -0.1) is 47.0 Å². The average Bonchev–Trinajstić information content (AvgIpc) is 3.30. The highest BCUT2D eigenvalue weighted by molar-refractivity contribution is 8.00. The third-order valence-corrected chi connectivity index (χ3v) is 15.2. The van der Waals surface area contributed by atoms with Crippen molar-refractivity contribution in [2.24, 2.45) is 0 Å². The van der Waals surface area contributed by atoms with Crippen LogP contribution in [-0.4, -0.2) is 17.3 Å². The molecule has 0 atom stereocenters. The van der Waals surface area contributed by atoms with Gasteiger partial charge >= 0.3 is 0 Å². The Kier molecular flexibility index (Phi) is 23.9. The highest BCUT2D eigenvalue weighted by atomic mass is 32.2. The lowest BCUT2D eigenvalue weighted by atomic mass is 10.1. The van der Waals surface area contributed by atoms with Crippen LogP contribution in [0.25, 0.3) is 0 Å². The number of para-hydroxylation sites is 4. The van der Waals surface area contributed by atoms with Gasteiger partial charge in [-0.25, -0.2) is 0 Å². The first-order valence-electron chi connectivity index (χ1n) is 23.3. The highest BCUT2D eigenvalue weighted by Gasteiger charge is 2.25. The van der Waals surface area contributed by atoms with E-state index in [2.05, 4.69) is 169 Å². The first-order valence-corrected chi connectivity index (χ1v) is 27.2. The molecule has 328 valence electrons. The Balaban J connectivity index is 1.52. The number of nitrogens with one attached hydrogen (secondary N) is 2. The van der Waals surface area contributed by atoms with E-state index in [9.17, 15) is 0 Å². The van der Waals surface area contributed by atoms with Gasteiger partial charge in [0.25, 0.3) is 0 Å². The molecule has 61 heavy (non-hydrogen) atoms. The van der Waals surface area contributed by atoms with Crippen molar-refractivity contribution in [1.82, 2.24) is 0 Å². The molecule has 0 bridgehead atoms. The summed E-state index contributed by atoms with van der Waals surface area (Å²) < 4.78 is 0. The summed E-state index contributed by atoms with van der Waals surface area (Å²) in [5.41, 5.74) is 13.8.